The molecular formula is C16H19N3O3. The van der Waals surface area contributed by atoms with Gasteiger partial charge in [-0.15, -0.1) is 0 Å². The van der Waals surface area contributed by atoms with Gasteiger partial charge in [-0.25, -0.2) is 9.78 Å². The van der Waals surface area contributed by atoms with E-state index in [9.17, 15) is 9.90 Å². The Morgan fingerprint density at radius 1 is 1.27 bits per heavy atom. The van der Waals surface area contributed by atoms with Gasteiger partial charge in [-0.05, 0) is 24.5 Å². The third-order valence-corrected chi connectivity index (χ3v) is 2.90. The molecule has 1 aromatic heterocycles. The Kier molecular flexibility index (Phi) is 5.30. The number of ether oxygens (including phenoxy) is 1. The summed E-state index contributed by atoms with van der Waals surface area (Å²) in [5, 5.41) is 12.1. The van der Waals surface area contributed by atoms with E-state index in [0.29, 0.717) is 18.1 Å². The molecule has 1 atom stereocenters. The van der Waals surface area contributed by atoms with E-state index < -0.39 is 12.0 Å². The summed E-state index contributed by atoms with van der Waals surface area (Å²) in [7, 11) is 0. The number of carbonyl (C=O) groups is 1. The van der Waals surface area contributed by atoms with Crippen molar-refractivity contribution in [1.82, 2.24) is 9.97 Å². The Morgan fingerprint density at radius 3 is 2.64 bits per heavy atom. The van der Waals surface area contributed by atoms with Crippen molar-refractivity contribution in [2.75, 3.05) is 5.32 Å². The maximum Gasteiger partial charge on any atom is 0.326 e. The van der Waals surface area contributed by atoms with Gasteiger partial charge in [-0.3, -0.25) is 0 Å². The molecule has 2 aromatic rings. The zero-order valence-corrected chi connectivity index (χ0v) is 12.6. The Hall–Kier alpha value is -2.63. The van der Waals surface area contributed by atoms with Gasteiger partial charge in [0.15, 0.2) is 0 Å². The van der Waals surface area contributed by atoms with Crippen LogP contribution in [0.2, 0.25) is 0 Å². The van der Waals surface area contributed by atoms with Crippen molar-refractivity contribution in [1.29, 1.82) is 0 Å². The molecule has 0 aliphatic heterocycles. The van der Waals surface area contributed by atoms with E-state index in [-0.39, 0.29) is 11.9 Å². The van der Waals surface area contributed by atoms with Crippen molar-refractivity contribution in [2.24, 2.45) is 5.92 Å². The van der Waals surface area contributed by atoms with Gasteiger partial charge >= 0.3 is 5.97 Å². The topological polar surface area (TPSA) is 84.3 Å². The summed E-state index contributed by atoms with van der Waals surface area (Å²) in [6, 6.07) is 10.1. The second kappa shape index (κ2) is 7.40. The lowest BCUT2D eigenvalue weighted by Crippen LogP contribution is -2.31. The number of rotatable bonds is 7. The van der Waals surface area contributed by atoms with E-state index in [1.54, 1.807) is 6.07 Å². The van der Waals surface area contributed by atoms with Gasteiger partial charge in [0.05, 0.1) is 0 Å². The summed E-state index contributed by atoms with van der Waals surface area (Å²) < 4.78 is 5.60. The van der Waals surface area contributed by atoms with E-state index in [1.807, 2.05) is 44.2 Å². The summed E-state index contributed by atoms with van der Waals surface area (Å²) in [5.41, 5.74) is 0. The van der Waals surface area contributed by atoms with Crippen molar-refractivity contribution in [3.63, 3.8) is 0 Å². The first-order valence-corrected chi connectivity index (χ1v) is 7.10. The molecule has 0 radical (unpaired) electrons. The molecule has 0 aliphatic carbocycles. The molecule has 0 fully saturated rings. The first kappa shape index (κ1) is 15.8. The third kappa shape index (κ3) is 4.73. The fraction of sp³-hybridized carbons (Fsp3) is 0.312. The number of nitrogens with one attached hydrogen (secondary N) is 1. The largest absolute Gasteiger partial charge is 0.480 e. The summed E-state index contributed by atoms with van der Waals surface area (Å²) in [5.74, 6) is 0.576. The highest BCUT2D eigenvalue weighted by molar-refractivity contribution is 5.76. The molecule has 0 spiro atoms. The lowest BCUT2D eigenvalue weighted by Gasteiger charge is -2.16. The van der Waals surface area contributed by atoms with Crippen molar-refractivity contribution >= 4 is 11.9 Å². The fourth-order valence-electron chi connectivity index (χ4n) is 1.93. The molecule has 0 amide bonds. The number of benzene rings is 1. The van der Waals surface area contributed by atoms with E-state index in [0.717, 1.165) is 0 Å². The highest BCUT2D eigenvalue weighted by Gasteiger charge is 2.19. The molecule has 0 aliphatic rings. The monoisotopic (exact) mass is 301 g/mol. The van der Waals surface area contributed by atoms with E-state index in [4.69, 9.17) is 4.74 Å². The Balaban J connectivity index is 2.09. The van der Waals surface area contributed by atoms with Crippen LogP contribution in [-0.4, -0.2) is 27.1 Å². The van der Waals surface area contributed by atoms with E-state index >= 15 is 0 Å². The molecule has 1 heterocycles. The van der Waals surface area contributed by atoms with Crippen LogP contribution in [0.4, 0.5) is 5.95 Å². The number of carboxylic acid groups (broad SMARTS) is 1. The Labute approximate surface area is 129 Å². The second-order valence-electron chi connectivity index (χ2n) is 5.30. The summed E-state index contributed by atoms with van der Waals surface area (Å²) in [6.45, 7) is 3.93. The third-order valence-electron chi connectivity index (χ3n) is 2.90. The molecule has 1 unspecified atom stereocenters. The number of para-hydroxylation sites is 1. The predicted molar refractivity (Wildman–Crippen MR) is 83.0 cm³/mol. The minimum atomic E-state index is -0.924. The minimum absolute atomic E-state index is 0.237. The smallest absolute Gasteiger partial charge is 0.326 e. The highest BCUT2D eigenvalue weighted by Crippen LogP contribution is 2.19. The second-order valence-corrected chi connectivity index (χ2v) is 5.30. The number of carboxylic acids is 1. The summed E-state index contributed by atoms with van der Waals surface area (Å²) >= 11 is 0. The number of hydrogen-bond acceptors (Lipinski definition) is 5. The lowest BCUT2D eigenvalue weighted by atomic mass is 10.0. The van der Waals surface area contributed by atoms with Crippen molar-refractivity contribution < 1.29 is 14.6 Å². The Morgan fingerprint density at radius 2 is 2.00 bits per heavy atom. The summed E-state index contributed by atoms with van der Waals surface area (Å²) in [4.78, 5) is 19.5. The number of anilines is 1. The minimum Gasteiger partial charge on any atom is -0.480 e. The quantitative estimate of drug-likeness (QED) is 0.817. The molecule has 22 heavy (non-hydrogen) atoms. The molecule has 2 N–H and O–H groups in total. The van der Waals surface area contributed by atoms with Gasteiger partial charge in [0, 0.05) is 12.3 Å². The van der Waals surface area contributed by atoms with Gasteiger partial charge in [-0.1, -0.05) is 32.0 Å². The maximum atomic E-state index is 11.3. The van der Waals surface area contributed by atoms with Crippen molar-refractivity contribution in [2.45, 2.75) is 26.3 Å². The average Bonchev–Trinajstić information content (AvgIpc) is 2.47. The van der Waals surface area contributed by atoms with Gasteiger partial charge in [0.25, 0.3) is 0 Å². The molecule has 6 heteroatoms. The predicted octanol–water partition coefficient (Wildman–Crippen LogP) is 3.18. The fourth-order valence-corrected chi connectivity index (χ4v) is 1.93. The van der Waals surface area contributed by atoms with Crippen LogP contribution in [0.1, 0.15) is 20.3 Å². The van der Waals surface area contributed by atoms with Crippen LogP contribution in [-0.2, 0) is 4.79 Å². The molecule has 0 bridgehead atoms. The molecule has 2 rings (SSSR count). The standard InChI is InChI=1S/C16H19N3O3/c1-11(2)10-13(15(20)21)18-16-17-9-8-14(19-16)22-12-6-4-3-5-7-12/h3-9,11,13H,10H2,1-2H3,(H,20,21)(H,17,18,19). The lowest BCUT2D eigenvalue weighted by molar-refractivity contribution is -0.138. The SMILES string of the molecule is CC(C)CC(Nc1nccc(Oc2ccccc2)n1)C(=O)O. The maximum absolute atomic E-state index is 11.3. The zero-order valence-electron chi connectivity index (χ0n) is 12.6. The Bertz CT molecular complexity index is 617. The van der Waals surface area contributed by atoms with Crippen LogP contribution >= 0.6 is 0 Å². The molecule has 0 saturated carbocycles. The van der Waals surface area contributed by atoms with E-state index in [1.165, 1.54) is 6.20 Å². The number of hydrogen-bond donors (Lipinski definition) is 2. The first-order chi connectivity index (χ1) is 10.5. The normalized spacial score (nSPS) is 12.0. The number of aliphatic carboxylic acids is 1. The molecule has 0 saturated heterocycles. The number of nitrogens with zero attached hydrogens (tertiary/aromatic N) is 2. The zero-order chi connectivity index (χ0) is 15.9. The van der Waals surface area contributed by atoms with Crippen LogP contribution in [0.3, 0.4) is 0 Å². The molecular weight excluding hydrogens is 282 g/mol. The van der Waals surface area contributed by atoms with Crippen molar-refractivity contribution in [3.05, 3.63) is 42.6 Å². The average molecular weight is 301 g/mol. The molecule has 116 valence electrons. The van der Waals surface area contributed by atoms with E-state index in [2.05, 4.69) is 15.3 Å². The summed E-state index contributed by atoms with van der Waals surface area (Å²) in [6.07, 6.45) is 2.02. The van der Waals surface area contributed by atoms with Gasteiger partial charge in [0.2, 0.25) is 11.8 Å². The van der Waals surface area contributed by atoms with Crippen LogP contribution in [0, 0.1) is 5.92 Å². The van der Waals surface area contributed by atoms with Crippen LogP contribution in [0.5, 0.6) is 11.6 Å². The molecule has 6 nitrogen and oxygen atoms in total. The van der Waals surface area contributed by atoms with Crippen LogP contribution in [0.25, 0.3) is 0 Å². The number of aromatic nitrogens is 2. The van der Waals surface area contributed by atoms with Gasteiger partial charge < -0.3 is 15.2 Å². The van der Waals surface area contributed by atoms with Crippen LogP contribution < -0.4 is 10.1 Å². The van der Waals surface area contributed by atoms with Crippen molar-refractivity contribution in [3.8, 4) is 11.6 Å². The first-order valence-electron chi connectivity index (χ1n) is 7.10. The van der Waals surface area contributed by atoms with Gasteiger partial charge in [-0.2, -0.15) is 4.98 Å². The highest BCUT2D eigenvalue weighted by atomic mass is 16.5. The van der Waals surface area contributed by atoms with Gasteiger partial charge in [0.1, 0.15) is 11.8 Å². The molecule has 1 aromatic carbocycles. The van der Waals surface area contributed by atoms with Crippen LogP contribution in [0.15, 0.2) is 42.6 Å².